The van der Waals surface area contributed by atoms with E-state index in [0.717, 1.165) is 22.0 Å². The van der Waals surface area contributed by atoms with Gasteiger partial charge >= 0.3 is 0 Å². The van der Waals surface area contributed by atoms with Crippen molar-refractivity contribution in [3.63, 3.8) is 0 Å². The van der Waals surface area contributed by atoms with Crippen molar-refractivity contribution in [2.45, 2.75) is 39.0 Å². The van der Waals surface area contributed by atoms with Gasteiger partial charge < -0.3 is 5.73 Å². The lowest BCUT2D eigenvalue weighted by molar-refractivity contribution is 0.643. The first-order valence-corrected chi connectivity index (χ1v) is 6.23. The van der Waals surface area contributed by atoms with Gasteiger partial charge in [-0.05, 0) is 18.8 Å². The smallest absolute Gasteiger partial charge is 0.135 e. The number of aromatic nitrogens is 1. The number of hydrogen-bond acceptors (Lipinski definition) is 3. The second-order valence-electron chi connectivity index (χ2n) is 4.61. The zero-order valence-corrected chi connectivity index (χ0v) is 10.0. The maximum absolute atomic E-state index is 7.54. The van der Waals surface area contributed by atoms with Gasteiger partial charge in [-0.1, -0.05) is 13.8 Å². The van der Waals surface area contributed by atoms with Crippen molar-refractivity contribution in [1.29, 1.82) is 5.41 Å². The Morgan fingerprint density at radius 3 is 2.73 bits per heavy atom. The van der Waals surface area contributed by atoms with Crippen LogP contribution in [-0.4, -0.2) is 10.8 Å². The monoisotopic (exact) mass is 223 g/mol. The third kappa shape index (κ3) is 2.37. The van der Waals surface area contributed by atoms with Gasteiger partial charge in [0.2, 0.25) is 0 Å². The minimum absolute atomic E-state index is 0.185. The summed E-state index contributed by atoms with van der Waals surface area (Å²) in [6.07, 6.45) is 3.42. The molecule has 4 heteroatoms. The molecule has 3 N–H and O–H groups in total. The lowest BCUT2D eigenvalue weighted by Gasteiger charge is -1.98. The van der Waals surface area contributed by atoms with E-state index >= 15 is 0 Å². The molecule has 0 saturated heterocycles. The minimum Gasteiger partial charge on any atom is -0.383 e. The Morgan fingerprint density at radius 1 is 1.60 bits per heavy atom. The number of hydrogen-bond donors (Lipinski definition) is 2. The van der Waals surface area contributed by atoms with Crippen LogP contribution in [0.4, 0.5) is 0 Å². The van der Waals surface area contributed by atoms with Crippen LogP contribution in [0.15, 0.2) is 0 Å². The van der Waals surface area contributed by atoms with Crippen molar-refractivity contribution in [3.05, 3.63) is 15.6 Å². The van der Waals surface area contributed by atoms with Crippen LogP contribution in [0.3, 0.4) is 0 Å². The summed E-state index contributed by atoms with van der Waals surface area (Å²) in [6, 6.07) is 0. The first kappa shape index (κ1) is 10.6. The third-order valence-electron chi connectivity index (χ3n) is 2.49. The Bertz CT molecular complexity index is 377. The van der Waals surface area contributed by atoms with E-state index in [1.807, 2.05) is 0 Å². The average Bonchev–Trinajstić information content (AvgIpc) is 2.87. The highest BCUT2D eigenvalue weighted by Crippen LogP contribution is 2.42. The Kier molecular flexibility index (Phi) is 2.78. The molecule has 2 rings (SSSR count). The van der Waals surface area contributed by atoms with E-state index in [9.17, 15) is 0 Å². The SMILES string of the molecule is CC(C)Cc1nc(C2CC2)c(C(=N)N)s1. The van der Waals surface area contributed by atoms with Crippen LogP contribution in [0.2, 0.25) is 0 Å². The summed E-state index contributed by atoms with van der Waals surface area (Å²) >= 11 is 1.60. The summed E-state index contributed by atoms with van der Waals surface area (Å²) in [7, 11) is 0. The lowest BCUT2D eigenvalue weighted by Crippen LogP contribution is -2.11. The standard InChI is InChI=1S/C11H17N3S/c1-6(2)5-8-14-9(7-3-4-7)10(15-8)11(12)13/h6-7H,3-5H2,1-2H3,(H3,12,13). The number of rotatable bonds is 4. The largest absolute Gasteiger partial charge is 0.383 e. The third-order valence-corrected chi connectivity index (χ3v) is 3.62. The molecule has 15 heavy (non-hydrogen) atoms. The molecule has 1 saturated carbocycles. The number of nitrogens with two attached hydrogens (primary N) is 1. The zero-order valence-electron chi connectivity index (χ0n) is 9.21. The van der Waals surface area contributed by atoms with Crippen molar-refractivity contribution >= 4 is 17.2 Å². The van der Waals surface area contributed by atoms with Crippen LogP contribution in [0.5, 0.6) is 0 Å². The molecular formula is C11H17N3S. The number of nitrogens with one attached hydrogen (secondary N) is 1. The zero-order chi connectivity index (χ0) is 11.0. The van der Waals surface area contributed by atoms with E-state index < -0.39 is 0 Å². The van der Waals surface area contributed by atoms with Crippen LogP contribution < -0.4 is 5.73 Å². The van der Waals surface area contributed by atoms with Crippen molar-refractivity contribution in [2.75, 3.05) is 0 Å². The van der Waals surface area contributed by atoms with E-state index in [1.165, 1.54) is 12.8 Å². The topological polar surface area (TPSA) is 62.8 Å². The predicted molar refractivity (Wildman–Crippen MR) is 63.6 cm³/mol. The van der Waals surface area contributed by atoms with Gasteiger partial charge in [-0.25, -0.2) is 4.98 Å². The Balaban J connectivity index is 2.27. The fraction of sp³-hybridized carbons (Fsp3) is 0.636. The Hall–Kier alpha value is -0.900. The van der Waals surface area contributed by atoms with Gasteiger partial charge in [0.05, 0.1) is 15.6 Å². The Labute approximate surface area is 94.2 Å². The van der Waals surface area contributed by atoms with Crippen LogP contribution >= 0.6 is 11.3 Å². The first-order valence-electron chi connectivity index (χ1n) is 5.42. The molecule has 0 atom stereocenters. The molecule has 0 aliphatic heterocycles. The fourth-order valence-corrected chi connectivity index (χ4v) is 2.86. The molecule has 0 radical (unpaired) electrons. The van der Waals surface area contributed by atoms with E-state index in [4.69, 9.17) is 11.1 Å². The van der Waals surface area contributed by atoms with E-state index in [2.05, 4.69) is 18.8 Å². The molecule has 1 aromatic rings. The molecule has 1 aliphatic rings. The average molecular weight is 223 g/mol. The normalized spacial score (nSPS) is 15.9. The second kappa shape index (κ2) is 3.93. The highest BCUT2D eigenvalue weighted by Gasteiger charge is 2.30. The maximum Gasteiger partial charge on any atom is 0.135 e. The van der Waals surface area contributed by atoms with Crippen LogP contribution in [-0.2, 0) is 6.42 Å². The first-order chi connectivity index (χ1) is 7.08. The molecular weight excluding hydrogens is 206 g/mol. The van der Waals surface area contributed by atoms with Gasteiger partial charge in [0.25, 0.3) is 0 Å². The minimum atomic E-state index is 0.185. The summed E-state index contributed by atoms with van der Waals surface area (Å²) in [5.74, 6) is 1.38. The quantitative estimate of drug-likeness (QED) is 0.608. The highest BCUT2D eigenvalue weighted by molar-refractivity contribution is 7.13. The van der Waals surface area contributed by atoms with Gasteiger partial charge in [-0.15, -0.1) is 11.3 Å². The molecule has 1 aromatic heterocycles. The van der Waals surface area contributed by atoms with Crippen molar-refractivity contribution in [3.8, 4) is 0 Å². The molecule has 0 spiro atoms. The van der Waals surface area contributed by atoms with Gasteiger partial charge in [-0.3, -0.25) is 5.41 Å². The van der Waals surface area contributed by atoms with Gasteiger partial charge in [-0.2, -0.15) is 0 Å². The number of amidine groups is 1. The molecule has 0 aromatic carbocycles. The number of thiazole rings is 1. The summed E-state index contributed by atoms with van der Waals surface area (Å²) in [6.45, 7) is 4.37. The van der Waals surface area contributed by atoms with Gasteiger partial charge in [0.1, 0.15) is 5.84 Å². The highest BCUT2D eigenvalue weighted by atomic mass is 32.1. The van der Waals surface area contributed by atoms with E-state index in [0.29, 0.717) is 11.8 Å². The molecule has 0 bridgehead atoms. The van der Waals surface area contributed by atoms with Crippen molar-refractivity contribution < 1.29 is 0 Å². The van der Waals surface area contributed by atoms with E-state index in [-0.39, 0.29) is 5.84 Å². The lowest BCUT2D eigenvalue weighted by atomic mass is 10.1. The Morgan fingerprint density at radius 2 is 2.27 bits per heavy atom. The van der Waals surface area contributed by atoms with Crippen LogP contribution in [0.25, 0.3) is 0 Å². The van der Waals surface area contributed by atoms with Crippen LogP contribution in [0, 0.1) is 11.3 Å². The van der Waals surface area contributed by atoms with E-state index in [1.54, 1.807) is 11.3 Å². The molecule has 1 aliphatic carbocycles. The van der Waals surface area contributed by atoms with Gasteiger partial charge in [0, 0.05) is 12.3 Å². The number of nitrogens with zero attached hydrogens (tertiary/aromatic N) is 1. The summed E-state index contributed by atoms with van der Waals surface area (Å²) in [5.41, 5.74) is 6.66. The fourth-order valence-electron chi connectivity index (χ4n) is 1.64. The summed E-state index contributed by atoms with van der Waals surface area (Å²) in [5, 5.41) is 8.68. The maximum atomic E-state index is 7.54. The molecule has 0 unspecified atom stereocenters. The predicted octanol–water partition coefficient (Wildman–Crippen LogP) is 2.50. The second-order valence-corrected chi connectivity index (χ2v) is 5.69. The summed E-state index contributed by atoms with van der Waals surface area (Å²) < 4.78 is 0. The number of nitrogen functional groups attached to an aromatic ring is 1. The molecule has 0 amide bonds. The molecule has 1 fully saturated rings. The van der Waals surface area contributed by atoms with Crippen molar-refractivity contribution in [1.82, 2.24) is 4.98 Å². The summed E-state index contributed by atoms with van der Waals surface area (Å²) in [4.78, 5) is 5.54. The molecule has 82 valence electrons. The van der Waals surface area contributed by atoms with Gasteiger partial charge in [0.15, 0.2) is 0 Å². The van der Waals surface area contributed by atoms with Crippen molar-refractivity contribution in [2.24, 2.45) is 11.7 Å². The molecule has 1 heterocycles. The molecule has 3 nitrogen and oxygen atoms in total. The van der Waals surface area contributed by atoms with Crippen LogP contribution in [0.1, 0.15) is 48.2 Å².